The van der Waals surface area contributed by atoms with Crippen LogP contribution in [0.1, 0.15) is 46.0 Å². The zero-order valence-corrected chi connectivity index (χ0v) is 11.4. The van der Waals surface area contributed by atoms with Crippen LogP contribution in [0.4, 0.5) is 13.2 Å². The van der Waals surface area contributed by atoms with Gasteiger partial charge in [0.25, 0.3) is 0 Å². The lowest BCUT2D eigenvalue weighted by Gasteiger charge is -2.33. The second-order valence-electron chi connectivity index (χ2n) is 5.95. The highest BCUT2D eigenvalue weighted by Crippen LogP contribution is 2.40. The largest absolute Gasteiger partial charge is 0.396 e. The Kier molecular flexibility index (Phi) is 5.24. The van der Waals surface area contributed by atoms with Gasteiger partial charge in [0.2, 0.25) is 5.91 Å². The second kappa shape index (κ2) is 6.11. The van der Waals surface area contributed by atoms with E-state index in [4.69, 9.17) is 5.11 Å². The number of aliphatic hydroxyl groups is 1. The van der Waals surface area contributed by atoms with Crippen molar-refractivity contribution in [3.05, 3.63) is 0 Å². The zero-order valence-electron chi connectivity index (χ0n) is 11.4. The zero-order chi connectivity index (χ0) is 14.7. The molecular formula is C13H22F3NO2. The van der Waals surface area contributed by atoms with Crippen molar-refractivity contribution in [2.75, 3.05) is 6.61 Å². The quantitative estimate of drug-likeness (QED) is 0.832. The molecule has 0 aliphatic heterocycles. The standard InChI is InChI=1S/C13H22F3NO2/c1-12(2,6-7-18)17-11(19)9-4-3-5-10(8-9)13(14,15)16/h9-10,18H,3-8H2,1-2H3,(H,17,19). The van der Waals surface area contributed by atoms with Gasteiger partial charge in [-0.15, -0.1) is 0 Å². The molecule has 0 aromatic rings. The molecule has 0 aromatic heterocycles. The summed E-state index contributed by atoms with van der Waals surface area (Å²) in [6.07, 6.45) is -2.89. The van der Waals surface area contributed by atoms with Crippen LogP contribution in [0.5, 0.6) is 0 Å². The Morgan fingerprint density at radius 1 is 1.32 bits per heavy atom. The Morgan fingerprint density at radius 3 is 2.47 bits per heavy atom. The van der Waals surface area contributed by atoms with Crippen molar-refractivity contribution < 1.29 is 23.1 Å². The van der Waals surface area contributed by atoms with Gasteiger partial charge in [0.15, 0.2) is 0 Å². The molecule has 2 atom stereocenters. The number of rotatable bonds is 4. The van der Waals surface area contributed by atoms with Gasteiger partial charge in [0.05, 0.1) is 5.92 Å². The fraction of sp³-hybridized carbons (Fsp3) is 0.923. The van der Waals surface area contributed by atoms with E-state index in [-0.39, 0.29) is 25.4 Å². The smallest absolute Gasteiger partial charge is 0.391 e. The lowest BCUT2D eigenvalue weighted by atomic mass is 9.80. The Morgan fingerprint density at radius 2 is 1.95 bits per heavy atom. The number of nitrogens with one attached hydrogen (secondary N) is 1. The highest BCUT2D eigenvalue weighted by Gasteiger charge is 2.43. The highest BCUT2D eigenvalue weighted by molar-refractivity contribution is 5.79. The van der Waals surface area contributed by atoms with E-state index in [2.05, 4.69) is 5.32 Å². The second-order valence-corrected chi connectivity index (χ2v) is 5.95. The SMILES string of the molecule is CC(C)(CCO)NC(=O)C1CCCC(C(F)(F)F)C1. The molecule has 1 saturated carbocycles. The molecule has 1 amide bonds. The van der Waals surface area contributed by atoms with Crippen LogP contribution in [0.3, 0.4) is 0 Å². The number of alkyl halides is 3. The number of carbonyl (C=O) groups is 1. The maximum Gasteiger partial charge on any atom is 0.391 e. The molecule has 1 aliphatic carbocycles. The van der Waals surface area contributed by atoms with Crippen molar-refractivity contribution in [3.8, 4) is 0 Å². The molecule has 19 heavy (non-hydrogen) atoms. The van der Waals surface area contributed by atoms with Gasteiger partial charge < -0.3 is 10.4 Å². The summed E-state index contributed by atoms with van der Waals surface area (Å²) in [5, 5.41) is 11.6. The third-order valence-corrected chi connectivity index (χ3v) is 3.71. The number of hydrogen-bond donors (Lipinski definition) is 2. The molecule has 3 nitrogen and oxygen atoms in total. The van der Waals surface area contributed by atoms with Crippen molar-refractivity contribution in [1.82, 2.24) is 5.32 Å². The fourth-order valence-electron chi connectivity index (χ4n) is 2.50. The first-order chi connectivity index (χ1) is 8.65. The lowest BCUT2D eigenvalue weighted by Crippen LogP contribution is -2.48. The van der Waals surface area contributed by atoms with E-state index in [1.807, 2.05) is 0 Å². The normalized spacial score (nSPS) is 25.2. The number of aliphatic hydroxyl groups excluding tert-OH is 1. The maximum absolute atomic E-state index is 12.7. The van der Waals surface area contributed by atoms with E-state index < -0.39 is 23.6 Å². The minimum atomic E-state index is -4.21. The van der Waals surface area contributed by atoms with Crippen LogP contribution in [0.2, 0.25) is 0 Å². The lowest BCUT2D eigenvalue weighted by molar-refractivity contribution is -0.186. The number of carbonyl (C=O) groups excluding carboxylic acids is 1. The van der Waals surface area contributed by atoms with Gasteiger partial charge in [-0.2, -0.15) is 13.2 Å². The van der Waals surface area contributed by atoms with Crippen LogP contribution >= 0.6 is 0 Å². The molecule has 0 radical (unpaired) electrons. The topological polar surface area (TPSA) is 49.3 Å². The summed E-state index contributed by atoms with van der Waals surface area (Å²) in [5.41, 5.74) is -0.586. The van der Waals surface area contributed by atoms with Crippen LogP contribution in [0, 0.1) is 11.8 Å². The molecule has 0 bridgehead atoms. The first kappa shape index (κ1) is 16.3. The van der Waals surface area contributed by atoms with E-state index in [9.17, 15) is 18.0 Å². The van der Waals surface area contributed by atoms with Crippen LogP contribution in [0.15, 0.2) is 0 Å². The number of hydrogen-bond acceptors (Lipinski definition) is 2. The highest BCUT2D eigenvalue weighted by atomic mass is 19.4. The average molecular weight is 281 g/mol. The fourth-order valence-corrected chi connectivity index (χ4v) is 2.50. The van der Waals surface area contributed by atoms with E-state index in [0.29, 0.717) is 19.3 Å². The third-order valence-electron chi connectivity index (χ3n) is 3.71. The summed E-state index contributed by atoms with van der Waals surface area (Å²) in [4.78, 5) is 12.0. The molecule has 2 N–H and O–H groups in total. The van der Waals surface area contributed by atoms with Gasteiger partial charge in [-0.05, 0) is 39.5 Å². The molecule has 0 saturated heterocycles. The molecule has 6 heteroatoms. The minimum Gasteiger partial charge on any atom is -0.396 e. The summed E-state index contributed by atoms with van der Waals surface area (Å²) in [7, 11) is 0. The van der Waals surface area contributed by atoms with Crippen molar-refractivity contribution in [2.45, 2.75) is 57.7 Å². The van der Waals surface area contributed by atoms with E-state index in [1.165, 1.54) is 0 Å². The van der Waals surface area contributed by atoms with Gasteiger partial charge in [-0.1, -0.05) is 6.42 Å². The molecule has 1 rings (SSSR count). The molecule has 1 aliphatic rings. The monoisotopic (exact) mass is 281 g/mol. The summed E-state index contributed by atoms with van der Waals surface area (Å²) < 4.78 is 38.0. The van der Waals surface area contributed by atoms with Crippen LogP contribution < -0.4 is 5.32 Å². The molecule has 0 heterocycles. The number of amides is 1. The summed E-state index contributed by atoms with van der Waals surface area (Å²) in [5.74, 6) is -2.26. The molecule has 0 spiro atoms. The summed E-state index contributed by atoms with van der Waals surface area (Å²) >= 11 is 0. The Hall–Kier alpha value is -0.780. The first-order valence-electron chi connectivity index (χ1n) is 6.65. The minimum absolute atomic E-state index is 0.0663. The van der Waals surface area contributed by atoms with Crippen molar-refractivity contribution in [3.63, 3.8) is 0 Å². The Bertz CT molecular complexity index is 316. The van der Waals surface area contributed by atoms with Crippen LogP contribution in [-0.2, 0) is 4.79 Å². The van der Waals surface area contributed by atoms with E-state index in [0.717, 1.165) is 0 Å². The van der Waals surface area contributed by atoms with Gasteiger partial charge in [-0.25, -0.2) is 0 Å². The first-order valence-corrected chi connectivity index (χ1v) is 6.65. The van der Waals surface area contributed by atoms with Crippen molar-refractivity contribution in [2.24, 2.45) is 11.8 Å². The van der Waals surface area contributed by atoms with Crippen LogP contribution in [-0.4, -0.2) is 29.3 Å². The number of halogens is 3. The average Bonchev–Trinajstić information content (AvgIpc) is 2.27. The van der Waals surface area contributed by atoms with Crippen LogP contribution in [0.25, 0.3) is 0 Å². The maximum atomic E-state index is 12.7. The van der Waals surface area contributed by atoms with Crippen molar-refractivity contribution >= 4 is 5.91 Å². The van der Waals surface area contributed by atoms with E-state index in [1.54, 1.807) is 13.8 Å². The molecule has 1 fully saturated rings. The molecular weight excluding hydrogens is 259 g/mol. The van der Waals surface area contributed by atoms with Gasteiger partial charge >= 0.3 is 6.18 Å². The summed E-state index contributed by atoms with van der Waals surface area (Å²) in [6, 6.07) is 0. The van der Waals surface area contributed by atoms with Gasteiger partial charge in [-0.3, -0.25) is 4.79 Å². The Balaban J connectivity index is 2.58. The molecule has 112 valence electrons. The Labute approximate surface area is 111 Å². The van der Waals surface area contributed by atoms with Gasteiger partial charge in [0, 0.05) is 18.1 Å². The summed E-state index contributed by atoms with van der Waals surface area (Å²) in [6.45, 7) is 3.44. The predicted molar refractivity (Wildman–Crippen MR) is 65.4 cm³/mol. The third kappa shape index (κ3) is 5.01. The van der Waals surface area contributed by atoms with E-state index >= 15 is 0 Å². The van der Waals surface area contributed by atoms with Crippen molar-refractivity contribution in [1.29, 1.82) is 0 Å². The molecule has 0 aromatic carbocycles. The predicted octanol–water partition coefficient (Wildman–Crippen LogP) is 2.63. The van der Waals surface area contributed by atoms with Gasteiger partial charge in [0.1, 0.15) is 0 Å². The molecule has 2 unspecified atom stereocenters.